The topological polar surface area (TPSA) is 80.9 Å². The van der Waals surface area contributed by atoms with Crippen LogP contribution in [0.3, 0.4) is 0 Å². The van der Waals surface area contributed by atoms with Gasteiger partial charge < -0.3 is 5.11 Å². The molecule has 1 heterocycles. The lowest BCUT2D eigenvalue weighted by Gasteiger charge is -2.27. The maximum atomic E-state index is 13.4. The molecule has 0 radical (unpaired) electrons. The molecule has 0 aliphatic rings. The van der Waals surface area contributed by atoms with Crippen LogP contribution in [0.25, 0.3) is 11.4 Å². The van der Waals surface area contributed by atoms with Crippen LogP contribution in [0.5, 0.6) is 0 Å². The summed E-state index contributed by atoms with van der Waals surface area (Å²) in [5, 5.41) is 20.5. The summed E-state index contributed by atoms with van der Waals surface area (Å²) in [6, 6.07) is 3.19. The molecule has 0 amide bonds. The molecule has 2 aromatic rings. The molecular weight excluding hydrogens is 282 g/mol. The lowest BCUT2D eigenvalue weighted by Crippen LogP contribution is -2.42. The van der Waals surface area contributed by atoms with Gasteiger partial charge in [-0.05, 0) is 41.5 Å². The first-order chi connectivity index (χ1) is 9.96. The normalized spacial score (nSPS) is 11.6. The van der Waals surface area contributed by atoms with Crippen molar-refractivity contribution in [2.45, 2.75) is 32.2 Å². The number of carbonyl (C=O) groups is 1. The molecule has 0 saturated carbocycles. The minimum atomic E-state index is -1.33. The zero-order chi connectivity index (χ0) is 15.6. The van der Waals surface area contributed by atoms with E-state index in [2.05, 4.69) is 15.5 Å². The minimum absolute atomic E-state index is 0.0833. The molecule has 0 fully saturated rings. The van der Waals surface area contributed by atoms with Gasteiger partial charge in [0.25, 0.3) is 0 Å². The average molecular weight is 296 g/mol. The van der Waals surface area contributed by atoms with Crippen LogP contribution in [0.15, 0.2) is 18.2 Å². The monoisotopic (exact) mass is 296 g/mol. The highest BCUT2D eigenvalue weighted by atomic mass is 19.2. The van der Waals surface area contributed by atoms with Gasteiger partial charge in [0, 0.05) is 5.56 Å². The Hall–Kier alpha value is -2.38. The summed E-state index contributed by atoms with van der Waals surface area (Å²) in [4.78, 5) is 11.6. The summed E-state index contributed by atoms with van der Waals surface area (Å²) in [5.74, 6) is -3.03. The molecule has 0 bridgehead atoms. The van der Waals surface area contributed by atoms with E-state index in [0.29, 0.717) is 0 Å². The van der Waals surface area contributed by atoms with Crippen LogP contribution >= 0.6 is 0 Å². The lowest BCUT2D eigenvalue weighted by molar-refractivity contribution is -0.148. The fourth-order valence-corrected chi connectivity index (χ4v) is 2.23. The Balaban J connectivity index is 2.61. The fourth-order valence-electron chi connectivity index (χ4n) is 2.23. The van der Waals surface area contributed by atoms with Crippen molar-refractivity contribution in [3.8, 4) is 11.4 Å². The molecule has 0 saturated heterocycles. The van der Waals surface area contributed by atoms with Gasteiger partial charge in [-0.25, -0.2) is 18.3 Å². The third-order valence-electron chi connectivity index (χ3n) is 3.62. The van der Waals surface area contributed by atoms with Crippen molar-refractivity contribution in [2.75, 3.05) is 0 Å². The van der Waals surface area contributed by atoms with Crippen molar-refractivity contribution in [1.29, 1.82) is 0 Å². The zero-order valence-corrected chi connectivity index (χ0v) is 11.5. The van der Waals surface area contributed by atoms with E-state index in [9.17, 15) is 18.7 Å². The van der Waals surface area contributed by atoms with Crippen LogP contribution < -0.4 is 0 Å². The van der Waals surface area contributed by atoms with Crippen LogP contribution in [0.1, 0.15) is 26.7 Å². The van der Waals surface area contributed by atoms with E-state index in [1.807, 2.05) is 0 Å². The number of carboxylic acid groups (broad SMARTS) is 1. The Morgan fingerprint density at radius 2 is 1.95 bits per heavy atom. The second kappa shape index (κ2) is 5.55. The Labute approximate surface area is 119 Å². The highest BCUT2D eigenvalue weighted by molar-refractivity contribution is 5.77. The Morgan fingerprint density at radius 3 is 2.48 bits per heavy atom. The third-order valence-corrected chi connectivity index (χ3v) is 3.62. The van der Waals surface area contributed by atoms with E-state index >= 15 is 0 Å². The summed E-state index contributed by atoms with van der Waals surface area (Å²) < 4.78 is 27.5. The molecule has 1 aromatic carbocycles. The molecule has 0 aliphatic heterocycles. The number of halogens is 2. The third kappa shape index (κ3) is 2.37. The van der Waals surface area contributed by atoms with E-state index in [4.69, 9.17) is 0 Å². The van der Waals surface area contributed by atoms with Gasteiger partial charge >= 0.3 is 5.97 Å². The van der Waals surface area contributed by atoms with Gasteiger partial charge in [-0.1, -0.05) is 13.8 Å². The molecule has 2 rings (SSSR count). The first-order valence-electron chi connectivity index (χ1n) is 6.44. The lowest BCUT2D eigenvalue weighted by atomic mass is 9.92. The molecular formula is C13H14F2N4O2. The second-order valence-corrected chi connectivity index (χ2v) is 4.59. The number of aromatic nitrogens is 4. The number of benzene rings is 1. The Bertz CT molecular complexity index is 668. The van der Waals surface area contributed by atoms with Gasteiger partial charge in [0.1, 0.15) is 0 Å². The molecule has 0 spiro atoms. The smallest absolute Gasteiger partial charge is 0.331 e. The maximum Gasteiger partial charge on any atom is 0.331 e. The molecule has 21 heavy (non-hydrogen) atoms. The van der Waals surface area contributed by atoms with Crippen molar-refractivity contribution in [3.05, 3.63) is 29.8 Å². The van der Waals surface area contributed by atoms with Crippen LogP contribution in [0.4, 0.5) is 8.78 Å². The molecule has 1 aromatic heterocycles. The van der Waals surface area contributed by atoms with Gasteiger partial charge in [0.05, 0.1) is 0 Å². The molecule has 6 nitrogen and oxygen atoms in total. The largest absolute Gasteiger partial charge is 0.479 e. The van der Waals surface area contributed by atoms with Crippen LogP contribution in [0.2, 0.25) is 0 Å². The molecule has 1 N–H and O–H groups in total. The molecule has 0 atom stereocenters. The number of hydrogen-bond acceptors (Lipinski definition) is 4. The predicted molar refractivity (Wildman–Crippen MR) is 69.4 cm³/mol. The first kappa shape index (κ1) is 15.0. The van der Waals surface area contributed by atoms with Gasteiger partial charge in [0.2, 0.25) is 0 Å². The van der Waals surface area contributed by atoms with Crippen molar-refractivity contribution in [3.63, 3.8) is 0 Å². The number of tetrazole rings is 1. The average Bonchev–Trinajstić information content (AvgIpc) is 2.93. The van der Waals surface area contributed by atoms with Gasteiger partial charge in [0.15, 0.2) is 23.0 Å². The Kier molecular flexibility index (Phi) is 3.97. The predicted octanol–water partition coefficient (Wildman–Crippen LogP) is 2.22. The minimum Gasteiger partial charge on any atom is -0.479 e. The summed E-state index contributed by atoms with van der Waals surface area (Å²) in [5.41, 5.74) is -1.12. The van der Waals surface area contributed by atoms with Gasteiger partial charge in [-0.2, -0.15) is 0 Å². The molecule has 8 heteroatoms. The van der Waals surface area contributed by atoms with E-state index in [1.165, 1.54) is 6.07 Å². The van der Waals surface area contributed by atoms with Crippen LogP contribution in [-0.2, 0) is 10.3 Å². The van der Waals surface area contributed by atoms with Gasteiger partial charge in [-0.3, -0.25) is 0 Å². The van der Waals surface area contributed by atoms with E-state index in [0.717, 1.165) is 16.8 Å². The highest BCUT2D eigenvalue weighted by Crippen LogP contribution is 2.30. The van der Waals surface area contributed by atoms with Crippen LogP contribution in [0, 0.1) is 11.6 Å². The van der Waals surface area contributed by atoms with Crippen molar-refractivity contribution >= 4 is 5.97 Å². The fraction of sp³-hybridized carbons (Fsp3) is 0.385. The van der Waals surface area contributed by atoms with E-state index in [1.54, 1.807) is 13.8 Å². The number of hydrogen-bond donors (Lipinski definition) is 1. The maximum absolute atomic E-state index is 13.4. The SMILES string of the molecule is CCC(CC)(C(=O)O)n1nnnc1-c1ccc(F)c(F)c1. The summed E-state index contributed by atoms with van der Waals surface area (Å²) in [6.07, 6.45) is 0.501. The Morgan fingerprint density at radius 1 is 1.29 bits per heavy atom. The van der Waals surface area contributed by atoms with Gasteiger partial charge in [-0.15, -0.1) is 5.10 Å². The first-order valence-corrected chi connectivity index (χ1v) is 6.44. The highest BCUT2D eigenvalue weighted by Gasteiger charge is 2.40. The van der Waals surface area contributed by atoms with E-state index < -0.39 is 23.1 Å². The van der Waals surface area contributed by atoms with Crippen molar-refractivity contribution < 1.29 is 18.7 Å². The molecule has 0 aliphatic carbocycles. The van der Waals surface area contributed by atoms with Crippen molar-refractivity contribution in [1.82, 2.24) is 20.2 Å². The number of nitrogens with zero attached hydrogens (tertiary/aromatic N) is 4. The summed E-state index contributed by atoms with van der Waals surface area (Å²) >= 11 is 0. The molecule has 0 unspecified atom stereocenters. The standard InChI is InChI=1S/C13H14F2N4O2/c1-3-13(4-2,12(20)21)19-11(16-17-18-19)8-5-6-9(14)10(15)7-8/h5-7H,3-4H2,1-2H3,(H,20,21). The van der Waals surface area contributed by atoms with Crippen molar-refractivity contribution in [2.24, 2.45) is 0 Å². The van der Waals surface area contributed by atoms with Crippen LogP contribution in [-0.4, -0.2) is 31.3 Å². The number of carboxylic acids is 1. The van der Waals surface area contributed by atoms with E-state index in [-0.39, 0.29) is 24.2 Å². The summed E-state index contributed by atoms with van der Waals surface area (Å²) in [7, 11) is 0. The zero-order valence-electron chi connectivity index (χ0n) is 11.5. The molecule has 112 valence electrons. The quantitative estimate of drug-likeness (QED) is 0.915. The summed E-state index contributed by atoms with van der Waals surface area (Å²) in [6.45, 7) is 3.41. The number of rotatable bonds is 5. The second-order valence-electron chi connectivity index (χ2n) is 4.59. The number of aliphatic carboxylic acids is 1.